The van der Waals surface area contributed by atoms with Crippen molar-refractivity contribution in [1.82, 2.24) is 0 Å². The Bertz CT molecular complexity index is 156. The Kier molecular flexibility index (Phi) is 4.70. The van der Waals surface area contributed by atoms with Gasteiger partial charge >= 0.3 is 0 Å². The van der Waals surface area contributed by atoms with Crippen LogP contribution in [-0.4, -0.2) is 16.2 Å². The fraction of sp³-hybridized carbons (Fsp3) is 0.167. The SMILES string of the molecule is C=CC[S+]([O-])/C=C/C(N)=O. The summed E-state index contributed by atoms with van der Waals surface area (Å²) in [5, 5.41) is 1.25. The molecule has 0 aliphatic heterocycles. The molecule has 0 aromatic rings. The lowest BCUT2D eigenvalue weighted by molar-refractivity contribution is -0.113. The first kappa shape index (κ1) is 9.26. The fourth-order valence-corrected chi connectivity index (χ4v) is 0.944. The lowest BCUT2D eigenvalue weighted by atomic mass is 10.6. The van der Waals surface area contributed by atoms with Crippen LogP contribution in [0.15, 0.2) is 24.1 Å². The molecule has 0 rings (SSSR count). The van der Waals surface area contributed by atoms with Gasteiger partial charge < -0.3 is 10.3 Å². The first-order chi connectivity index (χ1) is 4.66. The van der Waals surface area contributed by atoms with E-state index in [1.54, 1.807) is 0 Å². The van der Waals surface area contributed by atoms with Crippen LogP contribution in [0, 0.1) is 0 Å². The Morgan fingerprint density at radius 1 is 1.80 bits per heavy atom. The Labute approximate surface area is 62.8 Å². The van der Waals surface area contributed by atoms with Gasteiger partial charge in [-0.25, -0.2) is 0 Å². The third kappa shape index (κ3) is 5.40. The maximum atomic E-state index is 10.7. The Balaban J connectivity index is 3.65. The Morgan fingerprint density at radius 2 is 2.40 bits per heavy atom. The predicted molar refractivity (Wildman–Crippen MR) is 41.5 cm³/mol. The summed E-state index contributed by atoms with van der Waals surface area (Å²) in [5.74, 6) is -0.235. The largest absolute Gasteiger partial charge is 0.612 e. The van der Waals surface area contributed by atoms with Gasteiger partial charge in [-0.2, -0.15) is 0 Å². The number of primary amides is 1. The van der Waals surface area contributed by atoms with Crippen molar-refractivity contribution in [2.24, 2.45) is 5.73 Å². The van der Waals surface area contributed by atoms with E-state index in [-0.39, 0.29) is 0 Å². The fourth-order valence-electron chi connectivity index (χ4n) is 0.315. The summed E-state index contributed by atoms with van der Waals surface area (Å²) in [6.07, 6.45) is 2.60. The van der Waals surface area contributed by atoms with E-state index in [0.29, 0.717) is 5.75 Å². The van der Waals surface area contributed by atoms with Gasteiger partial charge in [-0.3, -0.25) is 4.79 Å². The van der Waals surface area contributed by atoms with Gasteiger partial charge in [-0.05, 0) is 17.3 Å². The van der Waals surface area contributed by atoms with E-state index < -0.39 is 17.1 Å². The first-order valence-corrected chi connectivity index (χ1v) is 4.00. The quantitative estimate of drug-likeness (QED) is 0.354. The van der Waals surface area contributed by atoms with E-state index in [9.17, 15) is 9.35 Å². The van der Waals surface area contributed by atoms with Crippen LogP contribution in [-0.2, 0) is 16.0 Å². The van der Waals surface area contributed by atoms with Crippen LogP contribution in [0.4, 0.5) is 0 Å². The van der Waals surface area contributed by atoms with Crippen molar-refractivity contribution >= 4 is 17.1 Å². The molecule has 56 valence electrons. The molecule has 10 heavy (non-hydrogen) atoms. The molecule has 1 amide bonds. The van der Waals surface area contributed by atoms with Gasteiger partial charge in [0.1, 0.15) is 11.2 Å². The van der Waals surface area contributed by atoms with Crippen LogP contribution >= 0.6 is 0 Å². The van der Waals surface area contributed by atoms with Crippen molar-refractivity contribution in [2.45, 2.75) is 0 Å². The van der Waals surface area contributed by atoms with E-state index in [2.05, 4.69) is 6.58 Å². The van der Waals surface area contributed by atoms with Gasteiger partial charge in [0.25, 0.3) is 0 Å². The lowest BCUT2D eigenvalue weighted by Gasteiger charge is -1.99. The maximum Gasteiger partial charge on any atom is 0.245 e. The molecule has 0 heterocycles. The summed E-state index contributed by atoms with van der Waals surface area (Å²) in [4.78, 5) is 10.1. The van der Waals surface area contributed by atoms with Crippen molar-refractivity contribution in [2.75, 3.05) is 5.75 Å². The zero-order valence-electron chi connectivity index (χ0n) is 5.45. The molecule has 0 bridgehead atoms. The lowest BCUT2D eigenvalue weighted by Crippen LogP contribution is -2.07. The minimum atomic E-state index is -1.14. The molecule has 0 saturated carbocycles. The topological polar surface area (TPSA) is 66.2 Å². The molecule has 0 aromatic heterocycles. The van der Waals surface area contributed by atoms with Crippen molar-refractivity contribution in [1.29, 1.82) is 0 Å². The number of amides is 1. The average Bonchev–Trinajstić information content (AvgIpc) is 1.85. The molecule has 3 nitrogen and oxygen atoms in total. The van der Waals surface area contributed by atoms with Crippen LogP contribution in [0.1, 0.15) is 0 Å². The number of nitrogens with two attached hydrogens (primary N) is 1. The van der Waals surface area contributed by atoms with Gasteiger partial charge in [-0.1, -0.05) is 6.58 Å². The number of hydrogen-bond acceptors (Lipinski definition) is 2. The third-order valence-electron chi connectivity index (χ3n) is 0.666. The predicted octanol–water partition coefficient (Wildman–Crippen LogP) is -0.0799. The van der Waals surface area contributed by atoms with E-state index in [4.69, 9.17) is 5.73 Å². The molecule has 0 aliphatic rings. The van der Waals surface area contributed by atoms with E-state index in [1.165, 1.54) is 11.5 Å². The highest BCUT2D eigenvalue weighted by atomic mass is 32.2. The summed E-state index contributed by atoms with van der Waals surface area (Å²) in [5.41, 5.74) is 4.75. The van der Waals surface area contributed by atoms with Crippen molar-refractivity contribution in [3.63, 3.8) is 0 Å². The highest BCUT2D eigenvalue weighted by Crippen LogP contribution is 1.91. The standard InChI is InChI=1S/C6H9NO2S/c1-2-4-10(9)5-3-6(7)8/h2-3,5H,1,4H2,(H2,7,8)/b5-3+. The molecule has 0 spiro atoms. The van der Waals surface area contributed by atoms with Gasteiger partial charge in [0.05, 0.1) is 6.08 Å². The molecular formula is C6H9NO2S. The van der Waals surface area contributed by atoms with Gasteiger partial charge in [0, 0.05) is 0 Å². The second kappa shape index (κ2) is 5.08. The molecule has 0 radical (unpaired) electrons. The molecule has 2 N–H and O–H groups in total. The monoisotopic (exact) mass is 159 g/mol. The second-order valence-corrected chi connectivity index (χ2v) is 2.91. The number of carbonyl (C=O) groups excluding carboxylic acids is 1. The average molecular weight is 159 g/mol. The molecule has 0 aromatic carbocycles. The normalized spacial score (nSPS) is 13.3. The van der Waals surface area contributed by atoms with Crippen LogP contribution < -0.4 is 5.73 Å². The summed E-state index contributed by atoms with van der Waals surface area (Å²) >= 11 is -1.14. The van der Waals surface area contributed by atoms with Crippen LogP contribution in [0.5, 0.6) is 0 Å². The van der Waals surface area contributed by atoms with Crippen LogP contribution in [0.25, 0.3) is 0 Å². The third-order valence-corrected chi connectivity index (χ3v) is 1.67. The van der Waals surface area contributed by atoms with Crippen molar-refractivity contribution in [3.05, 3.63) is 24.1 Å². The number of hydrogen-bond donors (Lipinski definition) is 1. The zero-order valence-corrected chi connectivity index (χ0v) is 6.26. The summed E-state index contributed by atoms with van der Waals surface area (Å²) < 4.78 is 10.7. The van der Waals surface area contributed by atoms with Gasteiger partial charge in [-0.15, -0.1) is 0 Å². The minimum Gasteiger partial charge on any atom is -0.612 e. The Hall–Kier alpha value is -0.740. The molecular weight excluding hydrogens is 150 g/mol. The summed E-state index contributed by atoms with van der Waals surface area (Å²) in [6, 6.07) is 0. The van der Waals surface area contributed by atoms with Crippen molar-refractivity contribution < 1.29 is 9.35 Å². The second-order valence-electron chi connectivity index (χ2n) is 1.54. The molecule has 0 fully saturated rings. The van der Waals surface area contributed by atoms with Gasteiger partial charge in [0.2, 0.25) is 5.91 Å². The minimum absolute atomic E-state index is 0.351. The zero-order chi connectivity index (χ0) is 7.98. The maximum absolute atomic E-state index is 10.7. The van der Waals surface area contributed by atoms with E-state index in [0.717, 1.165) is 6.08 Å². The summed E-state index contributed by atoms with van der Waals surface area (Å²) in [7, 11) is 0. The van der Waals surface area contributed by atoms with E-state index >= 15 is 0 Å². The van der Waals surface area contributed by atoms with Crippen LogP contribution in [0.3, 0.4) is 0 Å². The molecule has 4 heteroatoms. The highest BCUT2D eigenvalue weighted by Gasteiger charge is 1.95. The number of rotatable bonds is 4. The molecule has 1 unspecified atom stereocenters. The molecule has 0 saturated heterocycles. The highest BCUT2D eigenvalue weighted by molar-refractivity contribution is 7.94. The molecule has 0 aliphatic carbocycles. The van der Waals surface area contributed by atoms with Crippen molar-refractivity contribution in [3.8, 4) is 0 Å². The van der Waals surface area contributed by atoms with Gasteiger partial charge in [0.15, 0.2) is 0 Å². The molecule has 1 atom stereocenters. The Morgan fingerprint density at radius 3 is 2.80 bits per heavy atom. The summed E-state index contributed by atoms with van der Waals surface area (Å²) in [6.45, 7) is 3.38. The number of carbonyl (C=O) groups is 1. The smallest absolute Gasteiger partial charge is 0.245 e. The van der Waals surface area contributed by atoms with E-state index in [1.807, 2.05) is 0 Å². The first-order valence-electron chi connectivity index (χ1n) is 2.62. The van der Waals surface area contributed by atoms with Crippen LogP contribution in [0.2, 0.25) is 0 Å².